The van der Waals surface area contributed by atoms with Gasteiger partial charge in [0.25, 0.3) is 0 Å². The Morgan fingerprint density at radius 2 is 1.92 bits per heavy atom. The van der Waals surface area contributed by atoms with Crippen LogP contribution in [0.4, 0.5) is 11.4 Å². The van der Waals surface area contributed by atoms with Crippen LogP contribution < -0.4 is 15.4 Å². The fourth-order valence-corrected chi connectivity index (χ4v) is 2.99. The minimum atomic E-state index is -0.390. The molecular formula is C19H21ClN2O3S. The van der Waals surface area contributed by atoms with E-state index in [0.717, 1.165) is 5.56 Å². The van der Waals surface area contributed by atoms with Gasteiger partial charge in [-0.3, -0.25) is 9.59 Å². The molecule has 0 spiro atoms. The van der Waals surface area contributed by atoms with Crippen molar-refractivity contribution in [2.75, 3.05) is 23.5 Å². The second-order valence-corrected chi connectivity index (χ2v) is 7.39. The smallest absolute Gasteiger partial charge is 0.237 e. The number of rotatable bonds is 7. The topological polar surface area (TPSA) is 67.4 Å². The standard InChI is InChI=1S/C19H21ClN2O3S/c1-12-8-9-14(10-15(12)20)21-19(24)13(2)26-11-18(23)22-16-6-4-5-7-17(16)25-3/h4-10,13H,11H2,1-3H3,(H,21,24)(H,22,23)/t13-/m1/s1. The molecule has 0 aliphatic heterocycles. The van der Waals surface area contributed by atoms with Gasteiger partial charge in [0.05, 0.1) is 23.8 Å². The summed E-state index contributed by atoms with van der Waals surface area (Å²) in [6.07, 6.45) is 0. The van der Waals surface area contributed by atoms with E-state index < -0.39 is 5.25 Å². The van der Waals surface area contributed by atoms with Gasteiger partial charge >= 0.3 is 0 Å². The van der Waals surface area contributed by atoms with Crippen LogP contribution in [0.1, 0.15) is 12.5 Å². The number of ether oxygens (including phenoxy) is 1. The molecule has 138 valence electrons. The average molecular weight is 393 g/mol. The normalized spacial score (nSPS) is 11.5. The SMILES string of the molecule is COc1ccccc1NC(=O)CS[C@H](C)C(=O)Nc1ccc(C)c(Cl)c1. The maximum absolute atomic E-state index is 12.3. The molecule has 0 fully saturated rings. The summed E-state index contributed by atoms with van der Waals surface area (Å²) in [5, 5.41) is 5.80. The lowest BCUT2D eigenvalue weighted by atomic mass is 10.2. The van der Waals surface area contributed by atoms with E-state index in [4.69, 9.17) is 16.3 Å². The van der Waals surface area contributed by atoms with Gasteiger partial charge in [-0.15, -0.1) is 11.8 Å². The van der Waals surface area contributed by atoms with Crippen molar-refractivity contribution >= 4 is 46.6 Å². The molecule has 0 saturated heterocycles. The Hall–Kier alpha value is -2.18. The van der Waals surface area contributed by atoms with Gasteiger partial charge in [-0.05, 0) is 43.7 Å². The fourth-order valence-electron chi connectivity index (χ4n) is 2.13. The van der Waals surface area contributed by atoms with Crippen molar-refractivity contribution in [3.05, 3.63) is 53.1 Å². The van der Waals surface area contributed by atoms with Crippen molar-refractivity contribution in [1.82, 2.24) is 0 Å². The number of thioether (sulfide) groups is 1. The Labute approximate surface area is 162 Å². The summed E-state index contributed by atoms with van der Waals surface area (Å²) in [6.45, 7) is 3.65. The Kier molecular flexibility index (Phi) is 7.36. The highest BCUT2D eigenvalue weighted by Gasteiger charge is 2.16. The van der Waals surface area contributed by atoms with Gasteiger partial charge in [-0.2, -0.15) is 0 Å². The first-order valence-electron chi connectivity index (χ1n) is 8.02. The number of para-hydroxylation sites is 2. The highest BCUT2D eigenvalue weighted by molar-refractivity contribution is 8.01. The third-order valence-electron chi connectivity index (χ3n) is 3.65. The second-order valence-electron chi connectivity index (χ2n) is 5.65. The van der Waals surface area contributed by atoms with Crippen LogP contribution in [0, 0.1) is 6.92 Å². The average Bonchev–Trinajstić information content (AvgIpc) is 2.63. The second kappa shape index (κ2) is 9.50. The van der Waals surface area contributed by atoms with Gasteiger partial charge in [0.15, 0.2) is 0 Å². The van der Waals surface area contributed by atoms with Crippen LogP contribution in [-0.4, -0.2) is 29.9 Å². The number of benzene rings is 2. The molecule has 5 nitrogen and oxygen atoms in total. The Bertz CT molecular complexity index is 798. The molecular weight excluding hydrogens is 372 g/mol. The van der Waals surface area contributed by atoms with E-state index in [2.05, 4.69) is 10.6 Å². The zero-order valence-corrected chi connectivity index (χ0v) is 16.4. The van der Waals surface area contributed by atoms with Crippen LogP contribution in [0.2, 0.25) is 5.02 Å². The minimum absolute atomic E-state index is 0.154. The molecule has 2 aromatic carbocycles. The lowest BCUT2D eigenvalue weighted by Crippen LogP contribution is -2.25. The number of carbonyl (C=O) groups is 2. The molecule has 2 aromatic rings. The molecule has 2 rings (SSSR count). The molecule has 0 heterocycles. The summed E-state index contributed by atoms with van der Waals surface area (Å²) in [5.41, 5.74) is 2.18. The van der Waals surface area contributed by atoms with E-state index in [1.54, 1.807) is 38.3 Å². The van der Waals surface area contributed by atoms with E-state index in [9.17, 15) is 9.59 Å². The number of hydrogen-bond donors (Lipinski definition) is 2. The van der Waals surface area contributed by atoms with E-state index in [0.29, 0.717) is 22.1 Å². The number of hydrogen-bond acceptors (Lipinski definition) is 4. The summed E-state index contributed by atoms with van der Waals surface area (Å²) < 4.78 is 5.20. The number of aryl methyl sites for hydroxylation is 1. The van der Waals surface area contributed by atoms with Crippen LogP contribution in [0.25, 0.3) is 0 Å². The highest BCUT2D eigenvalue weighted by Crippen LogP contribution is 2.24. The molecule has 0 bridgehead atoms. The lowest BCUT2D eigenvalue weighted by Gasteiger charge is -2.13. The fraction of sp³-hybridized carbons (Fsp3) is 0.263. The van der Waals surface area contributed by atoms with Gasteiger partial charge < -0.3 is 15.4 Å². The molecule has 1 atom stereocenters. The molecule has 0 unspecified atom stereocenters. The molecule has 0 saturated carbocycles. The Morgan fingerprint density at radius 3 is 2.62 bits per heavy atom. The van der Waals surface area contributed by atoms with E-state index in [1.807, 2.05) is 25.1 Å². The van der Waals surface area contributed by atoms with Crippen LogP contribution in [0.5, 0.6) is 5.75 Å². The number of amides is 2. The molecule has 0 aliphatic carbocycles. The van der Waals surface area contributed by atoms with Crippen LogP contribution >= 0.6 is 23.4 Å². The third-order valence-corrected chi connectivity index (χ3v) is 5.20. The summed E-state index contributed by atoms with van der Waals surface area (Å²) >= 11 is 7.32. The van der Waals surface area contributed by atoms with Crippen molar-refractivity contribution in [3.8, 4) is 5.75 Å². The number of methoxy groups -OCH3 is 1. The maximum atomic E-state index is 12.3. The molecule has 0 aromatic heterocycles. The van der Waals surface area contributed by atoms with Crippen molar-refractivity contribution in [3.63, 3.8) is 0 Å². The summed E-state index contributed by atoms with van der Waals surface area (Å²) in [7, 11) is 1.55. The predicted molar refractivity (Wildman–Crippen MR) is 108 cm³/mol. The molecule has 2 amide bonds. The summed E-state index contributed by atoms with van der Waals surface area (Å²) in [5.74, 6) is 0.367. The first-order valence-corrected chi connectivity index (χ1v) is 9.45. The summed E-state index contributed by atoms with van der Waals surface area (Å²) in [6, 6.07) is 12.5. The largest absolute Gasteiger partial charge is 0.495 e. The van der Waals surface area contributed by atoms with E-state index in [-0.39, 0.29) is 17.6 Å². The van der Waals surface area contributed by atoms with Crippen LogP contribution in [0.3, 0.4) is 0 Å². The molecule has 2 N–H and O–H groups in total. The van der Waals surface area contributed by atoms with Gasteiger partial charge in [-0.25, -0.2) is 0 Å². The quantitative estimate of drug-likeness (QED) is 0.734. The van der Waals surface area contributed by atoms with Crippen molar-refractivity contribution in [2.45, 2.75) is 19.1 Å². The van der Waals surface area contributed by atoms with Gasteiger partial charge in [0.2, 0.25) is 11.8 Å². The molecule has 0 aliphatic rings. The zero-order chi connectivity index (χ0) is 19.1. The first-order chi connectivity index (χ1) is 12.4. The Morgan fingerprint density at radius 1 is 1.19 bits per heavy atom. The van der Waals surface area contributed by atoms with Gasteiger partial charge in [0, 0.05) is 10.7 Å². The Balaban J connectivity index is 1.85. The third kappa shape index (κ3) is 5.68. The van der Waals surface area contributed by atoms with Crippen molar-refractivity contribution < 1.29 is 14.3 Å². The van der Waals surface area contributed by atoms with Crippen LogP contribution in [0.15, 0.2) is 42.5 Å². The van der Waals surface area contributed by atoms with Crippen molar-refractivity contribution in [2.24, 2.45) is 0 Å². The lowest BCUT2D eigenvalue weighted by molar-refractivity contribution is -0.115. The number of anilines is 2. The highest BCUT2D eigenvalue weighted by atomic mass is 35.5. The number of halogens is 1. The molecule has 0 radical (unpaired) electrons. The van der Waals surface area contributed by atoms with E-state index >= 15 is 0 Å². The summed E-state index contributed by atoms with van der Waals surface area (Å²) in [4.78, 5) is 24.4. The van der Waals surface area contributed by atoms with Crippen molar-refractivity contribution in [1.29, 1.82) is 0 Å². The number of carbonyl (C=O) groups excluding carboxylic acids is 2. The zero-order valence-electron chi connectivity index (χ0n) is 14.8. The minimum Gasteiger partial charge on any atom is -0.495 e. The monoisotopic (exact) mass is 392 g/mol. The van der Waals surface area contributed by atoms with Crippen LogP contribution in [-0.2, 0) is 9.59 Å². The molecule has 26 heavy (non-hydrogen) atoms. The number of nitrogens with one attached hydrogen (secondary N) is 2. The first kappa shape index (κ1) is 20.1. The predicted octanol–water partition coefficient (Wildman–Crippen LogP) is 4.36. The van der Waals surface area contributed by atoms with Gasteiger partial charge in [0.1, 0.15) is 5.75 Å². The maximum Gasteiger partial charge on any atom is 0.237 e. The van der Waals surface area contributed by atoms with E-state index in [1.165, 1.54) is 11.8 Å². The molecule has 7 heteroatoms. The van der Waals surface area contributed by atoms with Gasteiger partial charge in [-0.1, -0.05) is 29.8 Å².